The van der Waals surface area contributed by atoms with E-state index in [1.807, 2.05) is 55.5 Å². The molecule has 298 valence electrons. The minimum Gasteiger partial charge on any atom is -0.497 e. The molecule has 7 rings (SSSR count). The Morgan fingerprint density at radius 3 is 2.37 bits per heavy atom. The summed E-state index contributed by atoms with van der Waals surface area (Å²) in [7, 11) is -1.07. The van der Waals surface area contributed by atoms with Crippen LogP contribution in [0.5, 0.6) is 5.75 Å². The van der Waals surface area contributed by atoms with E-state index >= 15 is 4.79 Å². The number of amides is 3. The number of carbonyl (C=O) groups is 3. The van der Waals surface area contributed by atoms with Crippen molar-refractivity contribution in [2.24, 2.45) is 5.92 Å². The predicted molar refractivity (Wildman–Crippen MR) is 217 cm³/mol. The fourth-order valence-electron chi connectivity index (χ4n) is 9.23. The van der Waals surface area contributed by atoms with Crippen molar-refractivity contribution in [3.63, 3.8) is 0 Å². The monoisotopic (exact) mass is 792 g/mol. The first-order chi connectivity index (χ1) is 27.2. The van der Waals surface area contributed by atoms with Crippen molar-refractivity contribution < 1.29 is 39.0 Å². The first-order valence-electron chi connectivity index (χ1n) is 19.2. The summed E-state index contributed by atoms with van der Waals surface area (Å²) in [5.74, 6) is -0.957. The molecule has 57 heavy (non-hydrogen) atoms. The van der Waals surface area contributed by atoms with E-state index in [1.165, 1.54) is 19.1 Å². The van der Waals surface area contributed by atoms with Crippen LogP contribution in [-0.2, 0) is 44.2 Å². The molecular formula is C43H48N4O9Si. The van der Waals surface area contributed by atoms with Crippen molar-refractivity contribution in [1.29, 1.82) is 0 Å². The topological polar surface area (TPSA) is 172 Å². The third-order valence-electron chi connectivity index (χ3n) is 12.2. The molecule has 1 fully saturated rings. The molecule has 4 aromatic carbocycles. The first kappa shape index (κ1) is 39.8. The molecule has 4 aromatic rings. The van der Waals surface area contributed by atoms with Gasteiger partial charge in [-0.15, -0.1) is 0 Å². The zero-order chi connectivity index (χ0) is 40.8. The molecule has 13 nitrogen and oxygen atoms in total. The minimum atomic E-state index is -2.67. The molecule has 0 aliphatic carbocycles. The van der Waals surface area contributed by atoms with E-state index < -0.39 is 48.7 Å². The zero-order valence-corrected chi connectivity index (χ0v) is 33.7. The average molecular weight is 793 g/mol. The molecular weight excluding hydrogens is 745 g/mol. The Hall–Kier alpha value is -5.41. The van der Waals surface area contributed by atoms with Crippen molar-refractivity contribution in [1.82, 2.24) is 4.90 Å². The van der Waals surface area contributed by atoms with Gasteiger partial charge in [0.15, 0.2) is 5.60 Å². The van der Waals surface area contributed by atoms with Gasteiger partial charge in [-0.2, -0.15) is 0 Å². The summed E-state index contributed by atoms with van der Waals surface area (Å²) in [6.45, 7) is 7.97. The summed E-state index contributed by atoms with van der Waals surface area (Å²) in [4.78, 5) is 56.9. The van der Waals surface area contributed by atoms with Crippen LogP contribution in [-0.4, -0.2) is 77.8 Å². The van der Waals surface area contributed by atoms with Crippen molar-refractivity contribution >= 4 is 48.0 Å². The maximum atomic E-state index is 15.2. The smallest absolute Gasteiger partial charge is 0.269 e. The minimum absolute atomic E-state index is 0.0564. The zero-order valence-electron chi connectivity index (χ0n) is 32.7. The van der Waals surface area contributed by atoms with Gasteiger partial charge in [0.25, 0.3) is 17.5 Å². The molecule has 3 aliphatic heterocycles. The standard InChI is InChI=1S/C43H48N4O9Si/c1-26-40(57(4,5)35-17-15-34(55-3)16-18-35)38(22-39(50)45-24-30-9-7-6-8-29(30)20-33(45)25-48)56-43(26)36-21-32(47(53)54)14-19-37(36)46(42(43)52)23-28-10-12-31(13-11-28)44-41(51)27(2)49/h6-19,21,26-27,33,38,40,48-49H,20,22-25H2,1-5H3,(H,44,51)/t26-,27+,33+,38+,40-,43+/m1/s1. The van der Waals surface area contributed by atoms with Crippen molar-refractivity contribution in [2.75, 3.05) is 23.9 Å². The van der Waals surface area contributed by atoms with Gasteiger partial charge in [0.1, 0.15) is 11.9 Å². The first-order valence-corrected chi connectivity index (χ1v) is 22.3. The van der Waals surface area contributed by atoms with Crippen LogP contribution >= 0.6 is 0 Å². The third-order valence-corrected chi connectivity index (χ3v) is 16.6. The molecule has 6 atom stereocenters. The van der Waals surface area contributed by atoms with E-state index in [-0.39, 0.29) is 42.6 Å². The number of benzene rings is 4. The van der Waals surface area contributed by atoms with E-state index in [1.54, 1.807) is 47.2 Å². The number of nitro benzene ring substituents is 1. The number of methoxy groups -OCH3 is 1. The number of nitrogens with one attached hydrogen (secondary N) is 1. The highest BCUT2D eigenvalue weighted by atomic mass is 28.3. The SMILES string of the molecule is COc1ccc([Si](C)(C)[C@H]2[C@H](CC(=O)N3Cc4ccccc4C[C@H]3CO)O[C@@]3(C(=O)N(Cc4ccc(NC(=O)[C@H](C)O)cc4)c4ccc([N+](=O)[O-])cc43)[C@@H]2C)cc1. The molecule has 14 heteroatoms. The summed E-state index contributed by atoms with van der Waals surface area (Å²) in [6.07, 6.45) is -1.48. The molecule has 3 amide bonds. The quantitative estimate of drug-likeness (QED) is 0.107. The highest BCUT2D eigenvalue weighted by Crippen LogP contribution is 2.60. The van der Waals surface area contributed by atoms with Crippen LogP contribution < -0.4 is 20.1 Å². The van der Waals surface area contributed by atoms with Crippen molar-refractivity contribution in [2.45, 2.75) is 82.3 Å². The Labute approximate surface area is 332 Å². The number of ether oxygens (including phenoxy) is 2. The van der Waals surface area contributed by atoms with Crippen LogP contribution in [0.15, 0.2) is 91.0 Å². The summed E-state index contributed by atoms with van der Waals surface area (Å²) in [5, 5.41) is 36.0. The second-order valence-electron chi connectivity index (χ2n) is 15.9. The summed E-state index contributed by atoms with van der Waals surface area (Å²) < 4.78 is 12.6. The van der Waals surface area contributed by atoms with E-state index in [0.717, 1.165) is 21.9 Å². The molecule has 3 aliphatic rings. The van der Waals surface area contributed by atoms with Gasteiger partial charge in [0.05, 0.1) is 57.5 Å². The summed E-state index contributed by atoms with van der Waals surface area (Å²) in [6, 6.07) is 26.6. The molecule has 0 radical (unpaired) electrons. The third kappa shape index (κ3) is 7.11. The van der Waals surface area contributed by atoms with Crippen molar-refractivity contribution in [3.8, 4) is 5.75 Å². The van der Waals surface area contributed by atoms with Crippen LogP contribution in [0.25, 0.3) is 0 Å². The number of hydrogen-bond acceptors (Lipinski definition) is 9. The lowest BCUT2D eigenvalue weighted by Crippen LogP contribution is -2.52. The van der Waals surface area contributed by atoms with E-state index in [9.17, 15) is 29.9 Å². The Bertz CT molecular complexity index is 2200. The normalized spacial score (nSPS) is 23.2. The van der Waals surface area contributed by atoms with Gasteiger partial charge in [-0.05, 0) is 65.9 Å². The number of non-ortho nitro benzene ring substituents is 1. The highest BCUT2D eigenvalue weighted by Gasteiger charge is 2.67. The second kappa shape index (κ2) is 15.5. The maximum Gasteiger partial charge on any atom is 0.269 e. The van der Waals surface area contributed by atoms with Crippen LogP contribution in [0.3, 0.4) is 0 Å². The van der Waals surface area contributed by atoms with E-state index in [0.29, 0.717) is 35.7 Å². The van der Waals surface area contributed by atoms with Crippen LogP contribution in [0.1, 0.15) is 42.5 Å². The number of nitrogens with zero attached hydrogens (tertiary/aromatic N) is 3. The van der Waals surface area contributed by atoms with Crippen LogP contribution in [0.4, 0.5) is 17.1 Å². The molecule has 3 N–H and O–H groups in total. The molecule has 0 saturated carbocycles. The predicted octanol–water partition coefficient (Wildman–Crippen LogP) is 5.02. The number of rotatable bonds is 11. The van der Waals surface area contributed by atoms with Gasteiger partial charge in [0.2, 0.25) is 5.91 Å². The lowest BCUT2D eigenvalue weighted by molar-refractivity contribution is -0.385. The Balaban J connectivity index is 1.29. The van der Waals surface area contributed by atoms with Gasteiger partial charge in [-0.25, -0.2) is 0 Å². The molecule has 3 heterocycles. The van der Waals surface area contributed by atoms with Gasteiger partial charge >= 0.3 is 0 Å². The molecule has 0 aromatic heterocycles. The largest absolute Gasteiger partial charge is 0.497 e. The number of aliphatic hydroxyl groups is 2. The molecule has 0 bridgehead atoms. The van der Waals surface area contributed by atoms with E-state index in [4.69, 9.17) is 9.47 Å². The Morgan fingerprint density at radius 2 is 1.74 bits per heavy atom. The van der Waals surface area contributed by atoms with Crippen LogP contribution in [0.2, 0.25) is 18.6 Å². The number of hydrogen-bond donors (Lipinski definition) is 3. The van der Waals surface area contributed by atoms with Gasteiger partial charge in [-0.3, -0.25) is 24.5 Å². The molecule has 1 spiro atoms. The fourth-order valence-corrected chi connectivity index (χ4v) is 13.2. The molecule has 0 unspecified atom stereocenters. The maximum absolute atomic E-state index is 15.2. The van der Waals surface area contributed by atoms with Gasteiger partial charge in [0, 0.05) is 35.8 Å². The van der Waals surface area contributed by atoms with Gasteiger partial charge < -0.3 is 34.8 Å². The van der Waals surface area contributed by atoms with Crippen LogP contribution in [0, 0.1) is 16.0 Å². The number of carbonyl (C=O) groups excluding carboxylic acids is 3. The summed E-state index contributed by atoms with van der Waals surface area (Å²) >= 11 is 0. The fraction of sp³-hybridized carbons (Fsp3) is 0.372. The number of nitro groups is 1. The highest BCUT2D eigenvalue weighted by molar-refractivity contribution is 6.91. The lowest BCUT2D eigenvalue weighted by atomic mass is 9.82. The average Bonchev–Trinajstić information content (AvgIpc) is 3.63. The second-order valence-corrected chi connectivity index (χ2v) is 20.6. The Morgan fingerprint density at radius 1 is 1.05 bits per heavy atom. The summed E-state index contributed by atoms with van der Waals surface area (Å²) in [5.41, 5.74) is 2.01. The molecule has 1 saturated heterocycles. The van der Waals surface area contributed by atoms with Crippen molar-refractivity contribution in [3.05, 3.63) is 123 Å². The number of fused-ring (bicyclic) bond motifs is 3. The Kier molecular flexibility index (Phi) is 10.8. The van der Waals surface area contributed by atoms with Gasteiger partial charge in [-0.1, -0.05) is 73.7 Å². The number of aliphatic hydroxyl groups excluding tert-OH is 2. The lowest BCUT2D eigenvalue weighted by Gasteiger charge is -2.39. The number of anilines is 2. The van der Waals surface area contributed by atoms with E-state index in [2.05, 4.69) is 18.4 Å².